The van der Waals surface area contributed by atoms with Gasteiger partial charge in [0.1, 0.15) is 11.5 Å². The number of phenols is 1. The van der Waals surface area contributed by atoms with Crippen LogP contribution in [-0.4, -0.2) is 62.3 Å². The lowest BCUT2D eigenvalue weighted by Gasteiger charge is -2.44. The highest BCUT2D eigenvalue weighted by molar-refractivity contribution is 5.99. The molecule has 6 rings (SSSR count). The van der Waals surface area contributed by atoms with Crippen molar-refractivity contribution in [2.45, 2.75) is 161 Å². The summed E-state index contributed by atoms with van der Waals surface area (Å²) in [6.45, 7) is 12.2. The van der Waals surface area contributed by atoms with Gasteiger partial charge in [-0.15, -0.1) is 0 Å². The normalized spacial score (nSPS) is 19.2. The van der Waals surface area contributed by atoms with E-state index < -0.39 is 5.60 Å². The molecule has 4 aliphatic rings. The average Bonchev–Trinajstić information content (AvgIpc) is 3.02. The summed E-state index contributed by atoms with van der Waals surface area (Å²) in [5.41, 5.74) is 9.37. The Morgan fingerprint density at radius 1 is 0.771 bits per heavy atom. The maximum atomic E-state index is 13.5. The minimum absolute atomic E-state index is 0.0288. The van der Waals surface area contributed by atoms with Crippen molar-refractivity contribution in [3.8, 4) is 11.5 Å². The van der Waals surface area contributed by atoms with Gasteiger partial charge in [-0.3, -0.25) is 14.4 Å². The molecular formula is C40H57N3O5. The Kier molecular flexibility index (Phi) is 11.1. The van der Waals surface area contributed by atoms with Crippen LogP contribution >= 0.6 is 0 Å². The number of hydrogen-bond donors (Lipinski definition) is 2. The number of nitrogens with two attached hydrogens (primary N) is 1. The number of aromatic hydroxyl groups is 1. The van der Waals surface area contributed by atoms with Gasteiger partial charge in [0, 0.05) is 47.3 Å². The van der Waals surface area contributed by atoms with Crippen LogP contribution in [-0.2, 0) is 11.2 Å². The molecule has 3 aliphatic carbocycles. The SMILES string of the molecule is Cc1cc(O)c(N)cc1C(=O)N(C(C)C)C1CCCCC1.Cc1cc2c(cc1C(=O)N(C(C)C)C1CCCCC1)CC(=O)C1(CCC1)O2. The van der Waals surface area contributed by atoms with Gasteiger partial charge < -0.3 is 25.4 Å². The summed E-state index contributed by atoms with van der Waals surface area (Å²) in [6, 6.07) is 8.07. The number of nitrogen functional groups attached to an aromatic ring is 1. The van der Waals surface area contributed by atoms with Crippen molar-refractivity contribution >= 4 is 23.3 Å². The lowest BCUT2D eigenvalue weighted by atomic mass is 9.73. The molecule has 1 aliphatic heterocycles. The summed E-state index contributed by atoms with van der Waals surface area (Å²) in [5.74, 6) is 1.15. The van der Waals surface area contributed by atoms with Gasteiger partial charge in [-0.25, -0.2) is 0 Å². The summed E-state index contributed by atoms with van der Waals surface area (Å²) in [5, 5.41) is 9.65. The average molecular weight is 660 g/mol. The Morgan fingerprint density at radius 2 is 1.25 bits per heavy atom. The third-order valence-corrected chi connectivity index (χ3v) is 11.1. The van der Waals surface area contributed by atoms with Crippen molar-refractivity contribution < 1.29 is 24.2 Å². The summed E-state index contributed by atoms with van der Waals surface area (Å²) in [4.78, 5) is 43.1. The summed E-state index contributed by atoms with van der Waals surface area (Å²) >= 11 is 0. The molecule has 0 saturated heterocycles. The minimum atomic E-state index is -0.572. The Balaban J connectivity index is 0.000000194. The number of carbonyl (C=O) groups is 3. The number of rotatable bonds is 6. The van der Waals surface area contributed by atoms with Crippen molar-refractivity contribution in [2.24, 2.45) is 0 Å². The zero-order valence-corrected chi connectivity index (χ0v) is 30.1. The van der Waals surface area contributed by atoms with E-state index in [4.69, 9.17) is 10.5 Å². The van der Waals surface area contributed by atoms with Crippen LogP contribution in [0.15, 0.2) is 24.3 Å². The molecule has 0 bridgehead atoms. The van der Waals surface area contributed by atoms with E-state index in [1.165, 1.54) is 38.5 Å². The molecule has 8 nitrogen and oxygen atoms in total. The molecule has 0 aromatic heterocycles. The smallest absolute Gasteiger partial charge is 0.254 e. The molecule has 2 amide bonds. The van der Waals surface area contributed by atoms with E-state index in [1.807, 2.05) is 30.9 Å². The van der Waals surface area contributed by atoms with Crippen LogP contribution < -0.4 is 10.5 Å². The van der Waals surface area contributed by atoms with Gasteiger partial charge >= 0.3 is 0 Å². The molecule has 0 unspecified atom stereocenters. The Hall–Kier alpha value is -3.55. The highest BCUT2D eigenvalue weighted by atomic mass is 16.5. The number of Topliss-reactive ketones (excluding diaryl/α,β-unsaturated/α-hetero) is 1. The van der Waals surface area contributed by atoms with Gasteiger partial charge in [0.15, 0.2) is 11.4 Å². The highest BCUT2D eigenvalue weighted by Crippen LogP contribution is 2.44. The van der Waals surface area contributed by atoms with Crippen molar-refractivity contribution in [3.63, 3.8) is 0 Å². The molecule has 1 spiro atoms. The fourth-order valence-corrected chi connectivity index (χ4v) is 8.25. The van der Waals surface area contributed by atoms with Gasteiger partial charge in [-0.1, -0.05) is 38.5 Å². The van der Waals surface area contributed by atoms with Gasteiger partial charge in [-0.05, 0) is 122 Å². The van der Waals surface area contributed by atoms with Gasteiger partial charge in [0.2, 0.25) is 0 Å². The molecule has 3 N–H and O–H groups in total. The first-order valence-electron chi connectivity index (χ1n) is 18.4. The number of phenolic OH excluding ortho intramolecular Hbond substituents is 1. The second kappa shape index (κ2) is 14.9. The first kappa shape index (κ1) is 35.7. The zero-order valence-electron chi connectivity index (χ0n) is 30.1. The second-order valence-corrected chi connectivity index (χ2v) is 15.2. The Morgan fingerprint density at radius 3 is 1.71 bits per heavy atom. The molecule has 8 heteroatoms. The fourth-order valence-electron chi connectivity index (χ4n) is 8.25. The van der Waals surface area contributed by atoms with Gasteiger partial charge in [0.25, 0.3) is 11.8 Å². The predicted molar refractivity (Wildman–Crippen MR) is 191 cm³/mol. The molecule has 48 heavy (non-hydrogen) atoms. The lowest BCUT2D eigenvalue weighted by molar-refractivity contribution is -0.143. The standard InChI is InChI=1S/C23H31NO3.C17H26N2O2/c1-15(2)24(18-8-5-4-6-9-18)22(26)19-13-17-14-21(25)23(10-7-11-23)27-20(17)12-16(19)3;1-11(2)19(13-7-5-4-6-8-13)17(21)14-10-15(18)16(20)9-12(14)3/h12-13,15,18H,4-11,14H2,1-3H3;9-11,13,20H,4-8,18H2,1-3H3. The minimum Gasteiger partial charge on any atom is -0.506 e. The number of aryl methyl sites for hydroxylation is 2. The van der Waals surface area contributed by atoms with Gasteiger partial charge in [0.05, 0.1) is 5.69 Å². The van der Waals surface area contributed by atoms with Crippen LogP contribution in [0.5, 0.6) is 11.5 Å². The maximum Gasteiger partial charge on any atom is 0.254 e. The van der Waals surface area contributed by atoms with E-state index >= 15 is 0 Å². The van der Waals surface area contributed by atoms with Crippen molar-refractivity contribution in [1.82, 2.24) is 9.80 Å². The fraction of sp³-hybridized carbons (Fsp3) is 0.625. The van der Waals surface area contributed by atoms with Crippen LogP contribution in [0.25, 0.3) is 0 Å². The third kappa shape index (κ3) is 7.37. The van der Waals surface area contributed by atoms with E-state index in [1.54, 1.807) is 12.1 Å². The number of amides is 2. The highest BCUT2D eigenvalue weighted by Gasteiger charge is 2.49. The molecule has 0 atom stereocenters. The van der Waals surface area contributed by atoms with Crippen molar-refractivity contribution in [1.29, 1.82) is 0 Å². The summed E-state index contributed by atoms with van der Waals surface area (Å²) in [7, 11) is 0. The number of anilines is 1. The van der Waals surface area contributed by atoms with Crippen molar-refractivity contribution in [2.75, 3.05) is 5.73 Å². The molecule has 3 saturated carbocycles. The first-order valence-corrected chi connectivity index (χ1v) is 18.4. The van der Waals surface area contributed by atoms with Crippen LogP contribution in [0.2, 0.25) is 0 Å². The number of ketones is 1. The number of carbonyl (C=O) groups excluding carboxylic acids is 3. The zero-order chi connectivity index (χ0) is 34.7. The molecule has 2 aromatic rings. The van der Waals surface area contributed by atoms with Gasteiger partial charge in [-0.2, -0.15) is 0 Å². The lowest BCUT2D eigenvalue weighted by Crippen LogP contribution is -2.53. The number of hydrogen-bond acceptors (Lipinski definition) is 6. The largest absolute Gasteiger partial charge is 0.506 e. The predicted octanol–water partition coefficient (Wildman–Crippen LogP) is 8.07. The van der Waals surface area contributed by atoms with Crippen LogP contribution in [0.1, 0.15) is 149 Å². The number of ether oxygens (including phenoxy) is 1. The molecule has 262 valence electrons. The van der Waals surface area contributed by atoms with Crippen LogP contribution in [0.3, 0.4) is 0 Å². The Bertz CT molecular complexity index is 1500. The van der Waals surface area contributed by atoms with E-state index in [-0.39, 0.29) is 41.1 Å². The topological polar surface area (TPSA) is 113 Å². The maximum absolute atomic E-state index is 13.5. The molecular weight excluding hydrogens is 602 g/mol. The molecule has 3 fully saturated rings. The van der Waals surface area contributed by atoms with E-state index in [0.29, 0.717) is 24.1 Å². The second-order valence-electron chi connectivity index (χ2n) is 15.2. The summed E-state index contributed by atoms with van der Waals surface area (Å²) < 4.78 is 6.13. The Labute approximate surface area is 287 Å². The van der Waals surface area contributed by atoms with Crippen molar-refractivity contribution in [3.05, 3.63) is 52.1 Å². The number of fused-ring (bicyclic) bond motifs is 1. The first-order chi connectivity index (χ1) is 22.8. The van der Waals surface area contributed by atoms with E-state index in [2.05, 4.69) is 32.6 Å². The quantitative estimate of drug-likeness (QED) is 0.240. The number of benzene rings is 2. The molecule has 0 radical (unpaired) electrons. The van der Waals surface area contributed by atoms with Crippen LogP contribution in [0, 0.1) is 13.8 Å². The van der Waals surface area contributed by atoms with Crippen LogP contribution in [0.4, 0.5) is 5.69 Å². The molecule has 2 aromatic carbocycles. The monoisotopic (exact) mass is 659 g/mol. The van der Waals surface area contributed by atoms with E-state index in [0.717, 1.165) is 72.9 Å². The summed E-state index contributed by atoms with van der Waals surface area (Å²) in [6.07, 6.45) is 14.8. The molecule has 1 heterocycles. The third-order valence-electron chi connectivity index (χ3n) is 11.1. The van der Waals surface area contributed by atoms with E-state index in [9.17, 15) is 19.5 Å². The number of nitrogens with zero attached hydrogens (tertiary/aromatic N) is 2.